The van der Waals surface area contributed by atoms with E-state index in [1.165, 1.54) is 4.68 Å². The van der Waals surface area contributed by atoms with Crippen LogP contribution in [0.15, 0.2) is 24.3 Å². The maximum atomic E-state index is 13.0. The highest BCUT2D eigenvalue weighted by Gasteiger charge is 2.38. The van der Waals surface area contributed by atoms with E-state index < -0.39 is 11.9 Å². The van der Waals surface area contributed by atoms with E-state index in [1.54, 1.807) is 25.1 Å². The number of alkyl halides is 3. The van der Waals surface area contributed by atoms with Gasteiger partial charge in [0.1, 0.15) is 0 Å². The smallest absolute Gasteiger partial charge is 0.326 e. The van der Waals surface area contributed by atoms with Gasteiger partial charge in [0.2, 0.25) is 0 Å². The van der Waals surface area contributed by atoms with Crippen molar-refractivity contribution in [3.05, 3.63) is 46.8 Å². The number of nitrogens with two attached hydrogens (primary N) is 1. The maximum Gasteiger partial charge on any atom is 0.435 e. The summed E-state index contributed by atoms with van der Waals surface area (Å²) in [5.41, 5.74) is 6.76. The number of nitrogens with zero attached hydrogens (tertiary/aromatic N) is 2. The standard InChI is InChI=1S/C14H16F3N3/c1-3-12-11(8-18)13(14(15,16)17)19-20(12)10-6-4-5-9(2)7-10/h4-7H,3,8,18H2,1-2H3. The van der Waals surface area contributed by atoms with Crippen LogP contribution in [0, 0.1) is 6.92 Å². The van der Waals surface area contributed by atoms with E-state index in [9.17, 15) is 13.2 Å². The van der Waals surface area contributed by atoms with Crippen LogP contribution in [0.3, 0.4) is 0 Å². The van der Waals surface area contributed by atoms with Gasteiger partial charge in [-0.2, -0.15) is 18.3 Å². The molecule has 108 valence electrons. The Morgan fingerprint density at radius 3 is 2.50 bits per heavy atom. The Morgan fingerprint density at radius 1 is 1.30 bits per heavy atom. The van der Waals surface area contributed by atoms with E-state index in [0.29, 0.717) is 17.8 Å². The summed E-state index contributed by atoms with van der Waals surface area (Å²) in [6.07, 6.45) is -4.06. The highest BCUT2D eigenvalue weighted by atomic mass is 19.4. The van der Waals surface area contributed by atoms with Crippen molar-refractivity contribution in [3.63, 3.8) is 0 Å². The third-order valence-corrected chi connectivity index (χ3v) is 3.14. The number of rotatable bonds is 3. The number of aryl methyl sites for hydroxylation is 1. The first-order valence-corrected chi connectivity index (χ1v) is 6.33. The Labute approximate surface area is 115 Å². The Hall–Kier alpha value is -1.82. The van der Waals surface area contributed by atoms with Crippen LogP contribution in [0.25, 0.3) is 5.69 Å². The van der Waals surface area contributed by atoms with Crippen molar-refractivity contribution in [1.29, 1.82) is 0 Å². The molecule has 6 heteroatoms. The van der Waals surface area contributed by atoms with Crippen LogP contribution in [-0.4, -0.2) is 9.78 Å². The van der Waals surface area contributed by atoms with Gasteiger partial charge >= 0.3 is 6.18 Å². The minimum atomic E-state index is -4.49. The fraction of sp³-hybridized carbons (Fsp3) is 0.357. The second kappa shape index (κ2) is 5.28. The molecule has 0 aliphatic heterocycles. The Morgan fingerprint density at radius 2 is 2.00 bits per heavy atom. The molecule has 0 unspecified atom stereocenters. The first kappa shape index (κ1) is 14.6. The zero-order valence-corrected chi connectivity index (χ0v) is 11.3. The minimum Gasteiger partial charge on any atom is -0.326 e. The molecule has 0 saturated carbocycles. The molecule has 20 heavy (non-hydrogen) atoms. The Kier molecular flexibility index (Phi) is 3.85. The topological polar surface area (TPSA) is 43.8 Å². The third-order valence-electron chi connectivity index (χ3n) is 3.14. The lowest BCUT2D eigenvalue weighted by molar-refractivity contribution is -0.141. The molecule has 0 spiro atoms. The molecule has 1 aromatic carbocycles. The lowest BCUT2D eigenvalue weighted by Gasteiger charge is -2.07. The fourth-order valence-electron chi connectivity index (χ4n) is 2.26. The number of halogens is 3. The van der Waals surface area contributed by atoms with E-state index in [2.05, 4.69) is 5.10 Å². The van der Waals surface area contributed by atoms with Crippen molar-refractivity contribution < 1.29 is 13.2 Å². The molecule has 0 bridgehead atoms. The van der Waals surface area contributed by atoms with Crippen LogP contribution in [0.1, 0.15) is 29.4 Å². The van der Waals surface area contributed by atoms with Gasteiger partial charge in [0.15, 0.2) is 5.69 Å². The van der Waals surface area contributed by atoms with Crippen molar-refractivity contribution >= 4 is 0 Å². The molecule has 3 nitrogen and oxygen atoms in total. The lowest BCUT2D eigenvalue weighted by atomic mass is 10.1. The van der Waals surface area contributed by atoms with Gasteiger partial charge in [0, 0.05) is 17.8 Å². The van der Waals surface area contributed by atoms with Crippen molar-refractivity contribution in [3.8, 4) is 5.69 Å². The molecule has 0 amide bonds. The zero-order chi connectivity index (χ0) is 14.9. The van der Waals surface area contributed by atoms with Crippen molar-refractivity contribution in [1.82, 2.24) is 9.78 Å². The quantitative estimate of drug-likeness (QED) is 0.940. The normalized spacial score (nSPS) is 11.9. The average Bonchev–Trinajstić information content (AvgIpc) is 2.76. The largest absolute Gasteiger partial charge is 0.435 e. The molecule has 0 radical (unpaired) electrons. The number of benzene rings is 1. The van der Waals surface area contributed by atoms with Crippen LogP contribution in [-0.2, 0) is 19.1 Å². The summed E-state index contributed by atoms with van der Waals surface area (Å²) in [5, 5.41) is 3.75. The summed E-state index contributed by atoms with van der Waals surface area (Å²) in [7, 11) is 0. The summed E-state index contributed by atoms with van der Waals surface area (Å²) in [6.45, 7) is 3.50. The summed E-state index contributed by atoms with van der Waals surface area (Å²) < 4.78 is 40.4. The van der Waals surface area contributed by atoms with Crippen LogP contribution in [0.5, 0.6) is 0 Å². The summed E-state index contributed by atoms with van der Waals surface area (Å²) in [6, 6.07) is 7.21. The number of hydrogen-bond donors (Lipinski definition) is 1. The Bertz CT molecular complexity index is 615. The molecular formula is C14H16F3N3. The molecule has 1 heterocycles. The van der Waals surface area contributed by atoms with E-state index in [1.807, 2.05) is 13.0 Å². The molecule has 2 rings (SSSR count). The first-order valence-electron chi connectivity index (χ1n) is 6.33. The third kappa shape index (κ3) is 2.56. The lowest BCUT2D eigenvalue weighted by Crippen LogP contribution is -2.12. The van der Waals surface area contributed by atoms with Crippen LogP contribution < -0.4 is 5.73 Å². The van der Waals surface area contributed by atoms with E-state index in [0.717, 1.165) is 5.56 Å². The average molecular weight is 283 g/mol. The molecule has 0 atom stereocenters. The van der Waals surface area contributed by atoms with Crippen LogP contribution in [0.2, 0.25) is 0 Å². The van der Waals surface area contributed by atoms with Crippen molar-refractivity contribution in [2.45, 2.75) is 33.0 Å². The van der Waals surface area contributed by atoms with Crippen molar-refractivity contribution in [2.24, 2.45) is 5.73 Å². The first-order chi connectivity index (χ1) is 9.38. The molecule has 0 aliphatic carbocycles. The van der Waals surface area contributed by atoms with Crippen LogP contribution in [0.4, 0.5) is 13.2 Å². The number of hydrogen-bond acceptors (Lipinski definition) is 2. The van der Waals surface area contributed by atoms with Gasteiger partial charge in [-0.1, -0.05) is 19.1 Å². The van der Waals surface area contributed by atoms with E-state index in [4.69, 9.17) is 5.73 Å². The molecule has 0 fully saturated rings. The van der Waals surface area contributed by atoms with Gasteiger partial charge in [-0.25, -0.2) is 4.68 Å². The second-order valence-electron chi connectivity index (χ2n) is 4.58. The Balaban J connectivity index is 2.68. The van der Waals surface area contributed by atoms with Crippen LogP contribution >= 0.6 is 0 Å². The van der Waals surface area contributed by atoms with Gasteiger partial charge in [-0.3, -0.25) is 0 Å². The highest BCUT2D eigenvalue weighted by molar-refractivity contribution is 5.40. The second-order valence-corrected chi connectivity index (χ2v) is 4.58. The predicted octanol–water partition coefficient (Wildman–Crippen LogP) is 3.22. The van der Waals surface area contributed by atoms with Gasteiger partial charge in [0.05, 0.1) is 5.69 Å². The van der Waals surface area contributed by atoms with E-state index >= 15 is 0 Å². The molecule has 0 aliphatic rings. The monoisotopic (exact) mass is 283 g/mol. The van der Waals surface area contributed by atoms with E-state index in [-0.39, 0.29) is 12.1 Å². The molecule has 1 aromatic heterocycles. The zero-order valence-electron chi connectivity index (χ0n) is 11.3. The SMILES string of the molecule is CCc1c(CN)c(C(F)(F)F)nn1-c1cccc(C)c1. The molecule has 2 aromatic rings. The van der Waals surface area contributed by atoms with Gasteiger partial charge in [-0.05, 0) is 31.0 Å². The predicted molar refractivity (Wildman–Crippen MR) is 70.6 cm³/mol. The summed E-state index contributed by atoms with van der Waals surface area (Å²) in [4.78, 5) is 0. The van der Waals surface area contributed by atoms with Gasteiger partial charge in [-0.15, -0.1) is 0 Å². The maximum absolute atomic E-state index is 13.0. The molecule has 0 saturated heterocycles. The fourth-order valence-corrected chi connectivity index (χ4v) is 2.26. The minimum absolute atomic E-state index is 0.0708. The molecule has 2 N–H and O–H groups in total. The molecular weight excluding hydrogens is 267 g/mol. The highest BCUT2D eigenvalue weighted by Crippen LogP contribution is 2.33. The summed E-state index contributed by atoms with van der Waals surface area (Å²) in [5.74, 6) is 0. The van der Waals surface area contributed by atoms with Gasteiger partial charge < -0.3 is 5.73 Å². The van der Waals surface area contributed by atoms with Gasteiger partial charge in [0.25, 0.3) is 0 Å². The summed E-state index contributed by atoms with van der Waals surface area (Å²) >= 11 is 0. The van der Waals surface area contributed by atoms with Crippen molar-refractivity contribution in [2.75, 3.05) is 0 Å². The number of aromatic nitrogens is 2.